The summed E-state index contributed by atoms with van der Waals surface area (Å²) >= 11 is 0. The summed E-state index contributed by atoms with van der Waals surface area (Å²) in [6, 6.07) is -0.371. The molecule has 0 aromatic heterocycles. The van der Waals surface area contributed by atoms with E-state index < -0.39 is 11.9 Å². The Morgan fingerprint density at radius 2 is 1.75 bits per heavy atom. The summed E-state index contributed by atoms with van der Waals surface area (Å²) in [5.74, 6) is -1.56. The van der Waals surface area contributed by atoms with Gasteiger partial charge in [0.15, 0.2) is 0 Å². The van der Waals surface area contributed by atoms with Gasteiger partial charge in [-0.05, 0) is 6.42 Å². The second-order valence-electron chi connectivity index (χ2n) is 5.53. The first kappa shape index (κ1) is 17.0. The van der Waals surface area contributed by atoms with Gasteiger partial charge < -0.3 is 15.2 Å². The monoisotopic (exact) mass is 285 g/mol. The first-order valence-electron chi connectivity index (χ1n) is 7.75. The van der Waals surface area contributed by atoms with Crippen LogP contribution in [0.2, 0.25) is 0 Å². The molecule has 0 saturated carbocycles. The Hall–Kier alpha value is -1.10. The molecular weight excluding hydrogens is 258 g/mol. The third-order valence-electron chi connectivity index (χ3n) is 3.75. The lowest BCUT2D eigenvalue weighted by atomic mass is 10.0. The second-order valence-corrected chi connectivity index (χ2v) is 5.53. The van der Waals surface area contributed by atoms with Gasteiger partial charge in [0.2, 0.25) is 5.91 Å². The zero-order valence-corrected chi connectivity index (χ0v) is 12.4. The molecular formula is C15H27NO4. The highest BCUT2D eigenvalue weighted by Crippen LogP contribution is 2.14. The van der Waals surface area contributed by atoms with Gasteiger partial charge in [-0.3, -0.25) is 9.59 Å². The summed E-state index contributed by atoms with van der Waals surface area (Å²) in [4.78, 5) is 22.7. The molecule has 1 aliphatic rings. The zero-order valence-electron chi connectivity index (χ0n) is 12.4. The van der Waals surface area contributed by atoms with Gasteiger partial charge in [-0.25, -0.2) is 0 Å². The minimum atomic E-state index is -0.899. The van der Waals surface area contributed by atoms with E-state index >= 15 is 0 Å². The number of unbranched alkanes of at least 4 members (excludes halogenated alkanes) is 6. The molecule has 2 atom stereocenters. The molecule has 1 amide bonds. The van der Waals surface area contributed by atoms with Crippen LogP contribution in [-0.2, 0) is 14.3 Å². The molecule has 5 heteroatoms. The van der Waals surface area contributed by atoms with E-state index in [9.17, 15) is 9.59 Å². The first-order chi connectivity index (χ1) is 9.65. The van der Waals surface area contributed by atoms with Gasteiger partial charge in [0.05, 0.1) is 19.3 Å². The number of carbonyl (C=O) groups is 2. The van der Waals surface area contributed by atoms with Gasteiger partial charge in [-0.15, -0.1) is 0 Å². The Morgan fingerprint density at radius 3 is 2.40 bits per heavy atom. The molecule has 2 unspecified atom stereocenters. The van der Waals surface area contributed by atoms with Crippen molar-refractivity contribution in [2.24, 2.45) is 5.92 Å². The Balaban J connectivity index is 2.07. The highest BCUT2D eigenvalue weighted by Gasteiger charge is 2.34. The summed E-state index contributed by atoms with van der Waals surface area (Å²) in [5.41, 5.74) is 0. The number of carbonyl (C=O) groups excluding carboxylic acids is 1. The van der Waals surface area contributed by atoms with Gasteiger partial charge in [0, 0.05) is 6.42 Å². The smallest absolute Gasteiger partial charge is 0.311 e. The van der Waals surface area contributed by atoms with Crippen molar-refractivity contribution < 1.29 is 19.4 Å². The number of hydrogen-bond acceptors (Lipinski definition) is 3. The Morgan fingerprint density at radius 1 is 1.10 bits per heavy atom. The number of rotatable bonds is 10. The number of nitrogens with one attached hydrogen (secondary N) is 1. The SMILES string of the molecule is CCCCCCCCCC(=O)NC1COCC1C(=O)O. The lowest BCUT2D eigenvalue weighted by Crippen LogP contribution is -2.42. The van der Waals surface area contributed by atoms with Crippen LogP contribution < -0.4 is 5.32 Å². The molecule has 0 aromatic rings. The van der Waals surface area contributed by atoms with Crippen molar-refractivity contribution in [2.75, 3.05) is 13.2 Å². The maximum absolute atomic E-state index is 11.7. The minimum absolute atomic E-state index is 0.0553. The Kier molecular flexibility index (Phi) is 8.26. The van der Waals surface area contributed by atoms with Crippen LogP contribution in [0.25, 0.3) is 0 Å². The lowest BCUT2D eigenvalue weighted by molar-refractivity contribution is -0.142. The third-order valence-corrected chi connectivity index (χ3v) is 3.75. The van der Waals surface area contributed by atoms with Crippen molar-refractivity contribution in [3.63, 3.8) is 0 Å². The highest BCUT2D eigenvalue weighted by molar-refractivity contribution is 5.78. The number of ether oxygens (including phenoxy) is 1. The predicted molar refractivity (Wildman–Crippen MR) is 76.5 cm³/mol. The minimum Gasteiger partial charge on any atom is -0.481 e. The van der Waals surface area contributed by atoms with Crippen LogP contribution in [0.5, 0.6) is 0 Å². The number of amides is 1. The van der Waals surface area contributed by atoms with E-state index in [0.29, 0.717) is 13.0 Å². The Labute approximate surface area is 121 Å². The average Bonchev–Trinajstić information content (AvgIpc) is 2.86. The molecule has 1 aliphatic heterocycles. The van der Waals surface area contributed by atoms with E-state index in [1.807, 2.05) is 0 Å². The number of carboxylic acids is 1. The van der Waals surface area contributed by atoms with Gasteiger partial charge in [-0.2, -0.15) is 0 Å². The predicted octanol–water partition coefficient (Wildman–Crippen LogP) is 2.34. The Bertz CT molecular complexity index is 306. The quantitative estimate of drug-likeness (QED) is 0.604. The van der Waals surface area contributed by atoms with Crippen molar-refractivity contribution >= 4 is 11.9 Å². The van der Waals surface area contributed by atoms with E-state index in [2.05, 4.69) is 12.2 Å². The summed E-state index contributed by atoms with van der Waals surface area (Å²) in [6.45, 7) is 2.69. The molecule has 1 heterocycles. The molecule has 5 nitrogen and oxygen atoms in total. The topological polar surface area (TPSA) is 75.6 Å². The van der Waals surface area contributed by atoms with Crippen LogP contribution in [0.4, 0.5) is 0 Å². The summed E-state index contributed by atoms with van der Waals surface area (Å²) in [6.07, 6.45) is 8.67. The van der Waals surface area contributed by atoms with Crippen LogP contribution in [0, 0.1) is 5.92 Å². The molecule has 0 radical (unpaired) electrons. The van der Waals surface area contributed by atoms with Crippen LogP contribution in [0.15, 0.2) is 0 Å². The fourth-order valence-corrected chi connectivity index (χ4v) is 2.46. The molecule has 116 valence electrons. The van der Waals surface area contributed by atoms with E-state index in [1.54, 1.807) is 0 Å². The van der Waals surface area contributed by atoms with Gasteiger partial charge in [-0.1, -0.05) is 45.4 Å². The molecule has 0 bridgehead atoms. The number of carboxylic acid groups (broad SMARTS) is 1. The summed E-state index contributed by atoms with van der Waals surface area (Å²) in [7, 11) is 0. The number of aliphatic carboxylic acids is 1. The van der Waals surface area contributed by atoms with Crippen molar-refractivity contribution in [1.82, 2.24) is 5.32 Å². The van der Waals surface area contributed by atoms with E-state index in [4.69, 9.17) is 9.84 Å². The maximum atomic E-state index is 11.7. The van der Waals surface area contributed by atoms with Crippen LogP contribution >= 0.6 is 0 Å². The third kappa shape index (κ3) is 6.37. The van der Waals surface area contributed by atoms with Gasteiger partial charge >= 0.3 is 5.97 Å². The van der Waals surface area contributed by atoms with E-state index in [1.165, 1.54) is 32.1 Å². The van der Waals surface area contributed by atoms with Crippen molar-refractivity contribution in [1.29, 1.82) is 0 Å². The van der Waals surface area contributed by atoms with Crippen molar-refractivity contribution in [3.05, 3.63) is 0 Å². The fourth-order valence-electron chi connectivity index (χ4n) is 2.46. The van der Waals surface area contributed by atoms with Crippen molar-refractivity contribution in [3.8, 4) is 0 Å². The van der Waals surface area contributed by atoms with Crippen molar-refractivity contribution in [2.45, 2.75) is 64.3 Å². The van der Waals surface area contributed by atoms with E-state index in [0.717, 1.165) is 12.8 Å². The molecule has 1 saturated heterocycles. The van der Waals surface area contributed by atoms with E-state index in [-0.39, 0.29) is 18.6 Å². The van der Waals surface area contributed by atoms with Gasteiger partial charge in [0.25, 0.3) is 0 Å². The molecule has 0 spiro atoms. The van der Waals surface area contributed by atoms with Crippen LogP contribution in [0.1, 0.15) is 58.3 Å². The summed E-state index contributed by atoms with van der Waals surface area (Å²) in [5, 5.41) is 11.8. The summed E-state index contributed by atoms with van der Waals surface area (Å²) < 4.78 is 5.12. The highest BCUT2D eigenvalue weighted by atomic mass is 16.5. The van der Waals surface area contributed by atoms with Crippen LogP contribution in [0.3, 0.4) is 0 Å². The molecule has 2 N–H and O–H groups in total. The van der Waals surface area contributed by atoms with Crippen LogP contribution in [-0.4, -0.2) is 36.2 Å². The van der Waals surface area contributed by atoms with Gasteiger partial charge in [0.1, 0.15) is 5.92 Å². The molecule has 0 aromatic carbocycles. The fraction of sp³-hybridized carbons (Fsp3) is 0.867. The largest absolute Gasteiger partial charge is 0.481 e. The standard InChI is InChI=1S/C15H27NO4/c1-2-3-4-5-6-7-8-9-14(17)16-13-11-20-10-12(13)15(18)19/h12-13H,2-11H2,1H3,(H,16,17)(H,18,19). The molecule has 1 fully saturated rings. The molecule has 1 rings (SSSR count). The first-order valence-corrected chi connectivity index (χ1v) is 7.75. The molecule has 0 aliphatic carbocycles. The number of hydrogen-bond donors (Lipinski definition) is 2. The normalized spacial score (nSPS) is 21.9. The molecule has 20 heavy (non-hydrogen) atoms. The average molecular weight is 285 g/mol. The maximum Gasteiger partial charge on any atom is 0.311 e. The lowest BCUT2D eigenvalue weighted by Gasteiger charge is -2.15. The second kappa shape index (κ2) is 9.75. The zero-order chi connectivity index (χ0) is 14.8.